The third-order valence-corrected chi connectivity index (χ3v) is 5.13. The second-order valence-electron chi connectivity index (χ2n) is 6.25. The molecule has 2 aliphatic heterocycles. The van der Waals surface area contributed by atoms with Crippen LogP contribution in [0.5, 0.6) is 5.75 Å². The van der Waals surface area contributed by atoms with Crippen molar-refractivity contribution in [3.8, 4) is 5.75 Å². The molecule has 1 aromatic rings. The van der Waals surface area contributed by atoms with E-state index in [9.17, 15) is 0 Å². The zero-order chi connectivity index (χ0) is 16.1. The first kappa shape index (κ1) is 19.8. The minimum Gasteiger partial charge on any atom is -0.492 e. The molecular formula is C17H25BrIN3O2. The summed E-state index contributed by atoms with van der Waals surface area (Å²) in [6.45, 7) is 5.25. The monoisotopic (exact) mass is 509 g/mol. The topological polar surface area (TPSA) is 46.1 Å². The smallest absolute Gasteiger partial charge is 0.193 e. The standard InChI is InChI=1S/C17H24BrN3O2.HI/c1-19-16(21-9-6-17(12-21)7-10-22-13-17)20-8-11-23-15-4-2-14(18)3-5-15;/h2-5H,6-13H2,1H3,(H,19,20);1H. The predicted octanol–water partition coefficient (Wildman–Crippen LogP) is 3.13. The molecule has 2 aliphatic rings. The zero-order valence-corrected chi connectivity index (χ0v) is 17.9. The Morgan fingerprint density at radius 3 is 2.83 bits per heavy atom. The van der Waals surface area contributed by atoms with Crippen molar-refractivity contribution in [1.82, 2.24) is 10.2 Å². The maximum atomic E-state index is 5.73. The molecule has 0 amide bonds. The summed E-state index contributed by atoms with van der Waals surface area (Å²) in [6, 6.07) is 7.89. The molecule has 0 bridgehead atoms. The molecule has 2 heterocycles. The van der Waals surface area contributed by atoms with Gasteiger partial charge in [0.15, 0.2) is 5.96 Å². The summed E-state index contributed by atoms with van der Waals surface area (Å²) in [5.41, 5.74) is 0.353. The first-order chi connectivity index (χ1) is 11.2. The summed E-state index contributed by atoms with van der Waals surface area (Å²) in [6.07, 6.45) is 2.37. The lowest BCUT2D eigenvalue weighted by Gasteiger charge is -2.24. The van der Waals surface area contributed by atoms with Crippen molar-refractivity contribution in [2.75, 3.05) is 46.5 Å². The van der Waals surface area contributed by atoms with Gasteiger partial charge in [-0.1, -0.05) is 15.9 Å². The number of nitrogens with zero attached hydrogens (tertiary/aromatic N) is 2. The Labute approximate surface area is 169 Å². The van der Waals surface area contributed by atoms with E-state index in [2.05, 4.69) is 31.1 Å². The van der Waals surface area contributed by atoms with Crippen LogP contribution >= 0.6 is 39.9 Å². The number of rotatable bonds is 4. The van der Waals surface area contributed by atoms with Crippen molar-refractivity contribution in [1.29, 1.82) is 0 Å². The van der Waals surface area contributed by atoms with E-state index < -0.39 is 0 Å². The van der Waals surface area contributed by atoms with Gasteiger partial charge in [-0.15, -0.1) is 24.0 Å². The number of hydrogen-bond acceptors (Lipinski definition) is 3. The van der Waals surface area contributed by atoms with Crippen molar-refractivity contribution >= 4 is 45.9 Å². The lowest BCUT2D eigenvalue weighted by Crippen LogP contribution is -2.42. The molecule has 0 aromatic heterocycles. The lowest BCUT2D eigenvalue weighted by molar-refractivity contribution is 0.156. The molecule has 134 valence electrons. The molecule has 0 saturated carbocycles. The lowest BCUT2D eigenvalue weighted by atomic mass is 9.87. The van der Waals surface area contributed by atoms with E-state index in [0.29, 0.717) is 12.0 Å². The Bertz CT molecular complexity index is 547. The Morgan fingerprint density at radius 1 is 1.38 bits per heavy atom. The third-order valence-electron chi connectivity index (χ3n) is 4.60. The summed E-state index contributed by atoms with van der Waals surface area (Å²) in [7, 11) is 1.84. The number of benzene rings is 1. The highest BCUT2D eigenvalue weighted by Gasteiger charge is 2.42. The van der Waals surface area contributed by atoms with Gasteiger partial charge in [-0.2, -0.15) is 0 Å². The Balaban J connectivity index is 0.00000208. The molecule has 1 atom stereocenters. The van der Waals surface area contributed by atoms with Crippen LogP contribution in [0.1, 0.15) is 12.8 Å². The van der Waals surface area contributed by atoms with E-state index in [0.717, 1.165) is 49.0 Å². The van der Waals surface area contributed by atoms with Crippen LogP contribution in [-0.4, -0.2) is 57.4 Å². The highest BCUT2D eigenvalue weighted by atomic mass is 127. The second-order valence-corrected chi connectivity index (χ2v) is 7.17. The average molecular weight is 510 g/mol. The quantitative estimate of drug-likeness (QED) is 0.293. The zero-order valence-electron chi connectivity index (χ0n) is 14.0. The average Bonchev–Trinajstić information content (AvgIpc) is 3.20. The van der Waals surface area contributed by atoms with Crippen molar-refractivity contribution < 1.29 is 9.47 Å². The molecule has 1 aromatic carbocycles. The Morgan fingerprint density at radius 2 is 2.17 bits per heavy atom. The molecule has 2 fully saturated rings. The van der Waals surface area contributed by atoms with Crippen LogP contribution in [0.3, 0.4) is 0 Å². The number of likely N-dealkylation sites (tertiary alicyclic amines) is 1. The first-order valence-electron chi connectivity index (χ1n) is 8.13. The summed E-state index contributed by atoms with van der Waals surface area (Å²) in [5.74, 6) is 1.85. The number of nitrogens with one attached hydrogen (secondary N) is 1. The maximum Gasteiger partial charge on any atom is 0.193 e. The minimum atomic E-state index is 0. The van der Waals surface area contributed by atoms with Gasteiger partial charge >= 0.3 is 0 Å². The molecule has 0 radical (unpaired) electrons. The van der Waals surface area contributed by atoms with Gasteiger partial charge in [-0.25, -0.2) is 0 Å². The number of guanidine groups is 1. The van der Waals surface area contributed by atoms with Crippen molar-refractivity contribution in [2.45, 2.75) is 12.8 Å². The summed E-state index contributed by atoms with van der Waals surface area (Å²) >= 11 is 3.42. The number of aliphatic imine (C=N–C) groups is 1. The number of hydrogen-bond donors (Lipinski definition) is 1. The molecule has 1 unspecified atom stereocenters. The molecule has 0 aliphatic carbocycles. The van der Waals surface area contributed by atoms with E-state index in [-0.39, 0.29) is 24.0 Å². The van der Waals surface area contributed by atoms with Gasteiger partial charge in [0.1, 0.15) is 12.4 Å². The number of halogens is 2. The maximum absolute atomic E-state index is 5.73. The first-order valence-corrected chi connectivity index (χ1v) is 8.92. The van der Waals surface area contributed by atoms with Crippen LogP contribution in [0.25, 0.3) is 0 Å². The van der Waals surface area contributed by atoms with Gasteiger partial charge in [0.2, 0.25) is 0 Å². The Kier molecular flexibility index (Phi) is 7.61. The van der Waals surface area contributed by atoms with Crippen LogP contribution in [0.15, 0.2) is 33.7 Å². The summed E-state index contributed by atoms with van der Waals surface area (Å²) in [4.78, 5) is 6.75. The fraction of sp³-hybridized carbons (Fsp3) is 0.588. The fourth-order valence-electron chi connectivity index (χ4n) is 3.28. The molecule has 5 nitrogen and oxygen atoms in total. The predicted molar refractivity (Wildman–Crippen MR) is 110 cm³/mol. The highest BCUT2D eigenvalue weighted by Crippen LogP contribution is 2.38. The third kappa shape index (κ3) is 4.98. The molecule has 7 heteroatoms. The summed E-state index contributed by atoms with van der Waals surface area (Å²) in [5, 5.41) is 3.40. The second kappa shape index (κ2) is 9.24. The van der Waals surface area contributed by atoms with Crippen LogP contribution in [0, 0.1) is 5.41 Å². The van der Waals surface area contributed by atoms with Gasteiger partial charge < -0.3 is 19.7 Å². The van der Waals surface area contributed by atoms with Crippen LogP contribution < -0.4 is 10.1 Å². The summed E-state index contributed by atoms with van der Waals surface area (Å²) < 4.78 is 12.4. The molecule has 2 saturated heterocycles. The van der Waals surface area contributed by atoms with Crippen LogP contribution in [0.4, 0.5) is 0 Å². The van der Waals surface area contributed by atoms with E-state index in [1.165, 1.54) is 12.8 Å². The van der Waals surface area contributed by atoms with E-state index in [4.69, 9.17) is 9.47 Å². The van der Waals surface area contributed by atoms with E-state index >= 15 is 0 Å². The molecule has 3 rings (SSSR count). The minimum absolute atomic E-state index is 0. The van der Waals surface area contributed by atoms with Gasteiger partial charge in [0, 0.05) is 36.6 Å². The highest BCUT2D eigenvalue weighted by molar-refractivity contribution is 14.0. The molecule has 1 spiro atoms. The normalized spacial score (nSPS) is 23.4. The van der Waals surface area contributed by atoms with Gasteiger partial charge in [-0.05, 0) is 37.1 Å². The van der Waals surface area contributed by atoms with Gasteiger partial charge in [0.25, 0.3) is 0 Å². The van der Waals surface area contributed by atoms with Crippen LogP contribution in [0.2, 0.25) is 0 Å². The molecular weight excluding hydrogens is 485 g/mol. The molecule has 1 N–H and O–H groups in total. The van der Waals surface area contributed by atoms with Gasteiger partial charge in [0.05, 0.1) is 13.2 Å². The van der Waals surface area contributed by atoms with Crippen molar-refractivity contribution in [2.24, 2.45) is 10.4 Å². The van der Waals surface area contributed by atoms with E-state index in [1.54, 1.807) is 0 Å². The van der Waals surface area contributed by atoms with E-state index in [1.807, 2.05) is 31.3 Å². The Hall–Kier alpha value is -0.540. The van der Waals surface area contributed by atoms with Crippen LogP contribution in [-0.2, 0) is 4.74 Å². The molecule has 24 heavy (non-hydrogen) atoms. The van der Waals surface area contributed by atoms with Crippen molar-refractivity contribution in [3.05, 3.63) is 28.7 Å². The number of ether oxygens (including phenoxy) is 2. The SMILES string of the molecule is CN=C(NCCOc1ccc(Br)cc1)N1CCC2(CCOC2)C1.I. The largest absolute Gasteiger partial charge is 0.492 e. The van der Waals surface area contributed by atoms with Gasteiger partial charge in [-0.3, -0.25) is 4.99 Å². The fourth-order valence-corrected chi connectivity index (χ4v) is 3.55. The van der Waals surface area contributed by atoms with Crippen molar-refractivity contribution in [3.63, 3.8) is 0 Å².